The molecule has 44 heavy (non-hydrogen) atoms. The van der Waals surface area contributed by atoms with Gasteiger partial charge in [-0.15, -0.1) is 11.3 Å². The van der Waals surface area contributed by atoms with E-state index in [1.807, 2.05) is 25.1 Å². The molecule has 14 heteroatoms. The van der Waals surface area contributed by atoms with Crippen molar-refractivity contribution in [2.24, 2.45) is 10.2 Å². The third-order valence-electron chi connectivity index (χ3n) is 5.94. The fourth-order valence-corrected chi connectivity index (χ4v) is 4.50. The van der Waals surface area contributed by atoms with Crippen molar-refractivity contribution in [2.75, 3.05) is 77.5 Å². The third-order valence-corrected chi connectivity index (χ3v) is 7.01. The maximum atomic E-state index is 11.2. The summed E-state index contributed by atoms with van der Waals surface area (Å²) in [6, 6.07) is 8.01. The molecule has 0 saturated heterocycles. The number of hydrogen-bond donors (Lipinski definition) is 1. The quantitative estimate of drug-likeness (QED) is 0.0635. The van der Waals surface area contributed by atoms with Gasteiger partial charge >= 0.3 is 11.9 Å². The van der Waals surface area contributed by atoms with Gasteiger partial charge in [-0.25, -0.2) is 14.4 Å². The first kappa shape index (κ1) is 36.0. The van der Waals surface area contributed by atoms with E-state index in [0.717, 1.165) is 23.9 Å². The van der Waals surface area contributed by atoms with E-state index in [1.165, 1.54) is 11.3 Å². The maximum Gasteiger partial charge on any atom is 0.331 e. The Balaban J connectivity index is 1.57. The Morgan fingerprint density at radius 3 is 2.16 bits per heavy atom. The summed E-state index contributed by atoms with van der Waals surface area (Å²) in [5.74, 6) is -1.96. The number of benzene rings is 1. The van der Waals surface area contributed by atoms with E-state index in [4.69, 9.17) is 35.4 Å². The first-order valence-corrected chi connectivity index (χ1v) is 14.7. The van der Waals surface area contributed by atoms with Crippen LogP contribution in [0.2, 0.25) is 0 Å². The summed E-state index contributed by atoms with van der Waals surface area (Å²) >= 11 is 1.17. The topological polar surface area (TPSA) is 157 Å². The fraction of sp³-hybridized carbons (Fsp3) is 0.467. The van der Waals surface area contributed by atoms with Gasteiger partial charge in [0.25, 0.3) is 0 Å². The molecular formula is C30H37N5O8S. The number of nitriles is 1. The number of azo groups is 1. The number of thiophene rings is 1. The highest BCUT2D eigenvalue weighted by molar-refractivity contribution is 7.17. The van der Waals surface area contributed by atoms with Crippen molar-refractivity contribution in [3.8, 4) is 6.07 Å². The molecule has 236 valence electrons. The molecule has 0 aliphatic rings. The van der Waals surface area contributed by atoms with Crippen molar-refractivity contribution in [1.29, 1.82) is 5.26 Å². The Labute approximate surface area is 261 Å². The van der Waals surface area contributed by atoms with E-state index < -0.39 is 11.9 Å². The number of carboxylic acids is 1. The standard InChI is InChI=1S/C30H37N5O8S/c1-5-35(24-6-7-25(22(2)20-24)33-34-30-29(32-4)23(3)26(21-31)44-30)10-11-39-12-13-40-14-15-41-16-17-42-18-19-43-28(38)9-8-27(36)37/h6-9,20H,5,10-19H2,1-3H3,(H,36,37)/b9-8-,34-33?. The number of hydrogen-bond acceptors (Lipinski definition) is 12. The lowest BCUT2D eigenvalue weighted by Gasteiger charge is -2.23. The van der Waals surface area contributed by atoms with Gasteiger partial charge in [-0.3, -0.25) is 0 Å². The molecule has 0 radical (unpaired) electrons. The van der Waals surface area contributed by atoms with Gasteiger partial charge in [-0.1, -0.05) is 0 Å². The summed E-state index contributed by atoms with van der Waals surface area (Å²) in [6.07, 6.45) is 1.55. The van der Waals surface area contributed by atoms with Crippen LogP contribution in [0.3, 0.4) is 0 Å². The second kappa shape index (κ2) is 20.7. The highest BCUT2D eigenvalue weighted by Crippen LogP contribution is 2.42. The fourth-order valence-electron chi connectivity index (χ4n) is 3.64. The highest BCUT2D eigenvalue weighted by Gasteiger charge is 2.15. The summed E-state index contributed by atoms with van der Waals surface area (Å²) in [5, 5.41) is 26.7. The number of aryl methyl sites for hydroxylation is 1. The van der Waals surface area contributed by atoms with Crippen molar-refractivity contribution >= 4 is 45.3 Å². The maximum absolute atomic E-state index is 11.2. The van der Waals surface area contributed by atoms with Crippen LogP contribution in [0.1, 0.15) is 22.9 Å². The van der Waals surface area contributed by atoms with Gasteiger partial charge in [0.15, 0.2) is 0 Å². The molecule has 0 amide bonds. The number of aliphatic carboxylic acids is 1. The molecule has 1 aromatic carbocycles. The van der Waals surface area contributed by atoms with Crippen LogP contribution in [0.15, 0.2) is 40.6 Å². The monoisotopic (exact) mass is 627 g/mol. The summed E-state index contributed by atoms with van der Waals surface area (Å²) in [5.41, 5.74) is 3.69. The van der Waals surface area contributed by atoms with Crippen molar-refractivity contribution in [3.05, 3.63) is 57.8 Å². The van der Waals surface area contributed by atoms with E-state index in [-0.39, 0.29) is 13.2 Å². The number of esters is 1. The van der Waals surface area contributed by atoms with E-state index >= 15 is 0 Å². The minimum Gasteiger partial charge on any atom is -0.478 e. The largest absolute Gasteiger partial charge is 0.478 e. The number of carbonyl (C=O) groups excluding carboxylic acids is 1. The van der Waals surface area contributed by atoms with Gasteiger partial charge < -0.3 is 33.7 Å². The molecule has 0 atom stereocenters. The summed E-state index contributed by atoms with van der Waals surface area (Å²) < 4.78 is 26.7. The van der Waals surface area contributed by atoms with Crippen LogP contribution >= 0.6 is 11.3 Å². The molecule has 0 saturated carbocycles. The zero-order valence-corrected chi connectivity index (χ0v) is 25.9. The van der Waals surface area contributed by atoms with Gasteiger partial charge in [-0.05, 0) is 50.1 Å². The van der Waals surface area contributed by atoms with Crippen LogP contribution in [-0.4, -0.2) is 89.6 Å². The zero-order valence-electron chi connectivity index (χ0n) is 25.1. The van der Waals surface area contributed by atoms with Crippen molar-refractivity contribution in [3.63, 3.8) is 0 Å². The lowest BCUT2D eigenvalue weighted by Crippen LogP contribution is -2.27. The van der Waals surface area contributed by atoms with Crippen LogP contribution in [0, 0.1) is 31.8 Å². The SMILES string of the molecule is [C-]#[N+]c1c(N=Nc2ccc(N(CC)CCOCCOCCOCCOCCOC(=O)/C=C\C(=O)O)cc2C)sc(C#N)c1C. The predicted octanol–water partition coefficient (Wildman–Crippen LogP) is 5.28. The lowest BCUT2D eigenvalue weighted by molar-refractivity contribution is -0.140. The molecule has 0 aliphatic carbocycles. The van der Waals surface area contributed by atoms with Crippen LogP contribution in [0.25, 0.3) is 4.85 Å². The molecule has 13 nitrogen and oxygen atoms in total. The van der Waals surface area contributed by atoms with Crippen LogP contribution in [0.4, 0.5) is 22.1 Å². The average molecular weight is 628 g/mol. The normalized spacial score (nSPS) is 11.1. The smallest absolute Gasteiger partial charge is 0.331 e. The molecule has 0 bridgehead atoms. The molecule has 1 N–H and O–H groups in total. The second-order valence-corrected chi connectivity index (χ2v) is 9.97. The first-order chi connectivity index (χ1) is 21.3. The van der Waals surface area contributed by atoms with Gasteiger partial charge in [-0.2, -0.15) is 15.5 Å². The molecule has 1 heterocycles. The molecule has 2 aromatic rings. The zero-order chi connectivity index (χ0) is 32.2. The molecule has 2 rings (SSSR count). The minimum atomic E-state index is -1.22. The average Bonchev–Trinajstić information content (AvgIpc) is 3.33. The Bertz CT molecular complexity index is 1360. The van der Waals surface area contributed by atoms with Gasteiger partial charge in [0.05, 0.1) is 70.0 Å². The number of anilines is 1. The number of likely N-dealkylation sites (N-methyl/N-ethyl adjacent to an activating group) is 1. The summed E-state index contributed by atoms with van der Waals surface area (Å²) in [4.78, 5) is 27.7. The minimum absolute atomic E-state index is 0.0232. The molecule has 1 aromatic heterocycles. The van der Waals surface area contributed by atoms with E-state index in [1.54, 1.807) is 6.92 Å². The number of ether oxygens (including phenoxy) is 5. The lowest BCUT2D eigenvalue weighted by atomic mass is 10.1. The van der Waals surface area contributed by atoms with Crippen molar-refractivity contribution in [1.82, 2.24) is 0 Å². The molecule has 0 aliphatic heterocycles. The summed E-state index contributed by atoms with van der Waals surface area (Å²) in [7, 11) is 0. The van der Waals surface area contributed by atoms with Crippen molar-refractivity contribution < 1.29 is 38.4 Å². The predicted molar refractivity (Wildman–Crippen MR) is 164 cm³/mol. The Kier molecular flexibility index (Phi) is 16.9. The molecular weight excluding hydrogens is 590 g/mol. The number of carboxylic acid groups (broad SMARTS) is 1. The Morgan fingerprint density at radius 2 is 1.61 bits per heavy atom. The van der Waals surface area contributed by atoms with Crippen molar-refractivity contribution in [2.45, 2.75) is 20.8 Å². The van der Waals surface area contributed by atoms with E-state index in [0.29, 0.717) is 85.7 Å². The number of nitrogens with zero attached hydrogens (tertiary/aromatic N) is 5. The van der Waals surface area contributed by atoms with Crippen LogP contribution < -0.4 is 4.90 Å². The van der Waals surface area contributed by atoms with Gasteiger partial charge in [0.2, 0.25) is 5.69 Å². The van der Waals surface area contributed by atoms with E-state index in [9.17, 15) is 14.9 Å². The number of carbonyl (C=O) groups is 2. The first-order valence-electron chi connectivity index (χ1n) is 13.9. The Morgan fingerprint density at radius 1 is 1.00 bits per heavy atom. The van der Waals surface area contributed by atoms with Crippen LogP contribution in [0.5, 0.6) is 0 Å². The van der Waals surface area contributed by atoms with Gasteiger partial charge in [0, 0.05) is 30.9 Å². The second-order valence-electron chi connectivity index (χ2n) is 8.97. The molecule has 0 spiro atoms. The third kappa shape index (κ3) is 13.0. The molecule has 0 fully saturated rings. The van der Waals surface area contributed by atoms with Gasteiger partial charge in [0.1, 0.15) is 17.7 Å². The molecule has 0 unspecified atom stereocenters. The van der Waals surface area contributed by atoms with Crippen LogP contribution in [-0.2, 0) is 33.3 Å². The summed E-state index contributed by atoms with van der Waals surface area (Å²) in [6.45, 7) is 17.8. The van der Waals surface area contributed by atoms with E-state index in [2.05, 4.69) is 33.0 Å². The highest BCUT2D eigenvalue weighted by atomic mass is 32.1. The number of rotatable bonds is 21. The Hall–Kier alpha value is -4.18.